The minimum absolute atomic E-state index is 0.0884. The van der Waals surface area contributed by atoms with Gasteiger partial charge in [-0.3, -0.25) is 0 Å². The summed E-state index contributed by atoms with van der Waals surface area (Å²) in [5.74, 6) is 0. The molecule has 0 heterocycles. The van der Waals surface area contributed by atoms with E-state index in [0.29, 0.717) is 0 Å². The molecule has 0 amide bonds. The van der Waals surface area contributed by atoms with Gasteiger partial charge in [0, 0.05) is 4.91 Å². The van der Waals surface area contributed by atoms with Crippen molar-refractivity contribution in [3.8, 4) is 0 Å². The number of azide groups is 1. The van der Waals surface area contributed by atoms with E-state index in [2.05, 4.69) is 49.0 Å². The van der Waals surface area contributed by atoms with Crippen molar-refractivity contribution in [2.45, 2.75) is 44.9 Å². The Balaban J connectivity index is 2.83. The Bertz CT molecular complexity index is 502. The van der Waals surface area contributed by atoms with Crippen LogP contribution in [0, 0.1) is 0 Å². The standard InChI is InChI=1S/C14H22N4OSi/c1-14(2,3)20(4,5)19-16-11-13(17-18-15)12-9-7-6-8-10-12/h6-11,13H,1-5H3/b16-11+. The maximum absolute atomic E-state index is 8.65. The average molecular weight is 290 g/mol. The van der Waals surface area contributed by atoms with Gasteiger partial charge in [-0.15, -0.1) is 5.16 Å². The van der Waals surface area contributed by atoms with E-state index in [0.717, 1.165) is 5.56 Å². The first-order valence-corrected chi connectivity index (χ1v) is 9.49. The van der Waals surface area contributed by atoms with Gasteiger partial charge in [0.1, 0.15) is 6.04 Å². The van der Waals surface area contributed by atoms with Crippen LogP contribution in [-0.2, 0) is 4.53 Å². The van der Waals surface area contributed by atoms with Gasteiger partial charge >= 0.3 is 0 Å². The molecule has 0 aromatic heterocycles. The third-order valence-electron chi connectivity index (χ3n) is 3.61. The highest BCUT2D eigenvalue weighted by molar-refractivity contribution is 6.74. The van der Waals surface area contributed by atoms with Crippen LogP contribution in [0.1, 0.15) is 32.4 Å². The van der Waals surface area contributed by atoms with Crippen LogP contribution < -0.4 is 0 Å². The summed E-state index contributed by atoms with van der Waals surface area (Å²) in [6.07, 6.45) is 1.57. The van der Waals surface area contributed by atoms with Crippen LogP contribution in [0.25, 0.3) is 10.4 Å². The minimum atomic E-state index is -1.93. The van der Waals surface area contributed by atoms with Crippen molar-refractivity contribution >= 4 is 14.5 Å². The summed E-state index contributed by atoms with van der Waals surface area (Å²) in [4.78, 5) is 2.87. The first kappa shape index (κ1) is 16.3. The molecule has 1 atom stereocenters. The van der Waals surface area contributed by atoms with Crippen LogP contribution in [-0.4, -0.2) is 14.5 Å². The van der Waals surface area contributed by atoms with Crippen molar-refractivity contribution in [3.63, 3.8) is 0 Å². The largest absolute Gasteiger partial charge is 0.455 e. The molecule has 0 radical (unpaired) electrons. The van der Waals surface area contributed by atoms with Crippen molar-refractivity contribution < 1.29 is 4.53 Å². The lowest BCUT2D eigenvalue weighted by Crippen LogP contribution is -2.39. The van der Waals surface area contributed by atoms with Gasteiger partial charge in [-0.05, 0) is 29.2 Å². The fraction of sp³-hybridized carbons (Fsp3) is 0.500. The Morgan fingerprint density at radius 2 is 1.85 bits per heavy atom. The van der Waals surface area contributed by atoms with Gasteiger partial charge in [0.05, 0.1) is 6.21 Å². The van der Waals surface area contributed by atoms with E-state index < -0.39 is 14.4 Å². The second-order valence-electron chi connectivity index (χ2n) is 6.17. The number of hydrogen-bond donors (Lipinski definition) is 0. The van der Waals surface area contributed by atoms with Crippen molar-refractivity contribution in [1.29, 1.82) is 0 Å². The van der Waals surface area contributed by atoms with E-state index in [9.17, 15) is 0 Å². The molecule has 20 heavy (non-hydrogen) atoms. The van der Waals surface area contributed by atoms with E-state index in [4.69, 9.17) is 10.1 Å². The lowest BCUT2D eigenvalue weighted by Gasteiger charge is -2.33. The molecule has 1 aromatic carbocycles. The van der Waals surface area contributed by atoms with Crippen LogP contribution in [0.3, 0.4) is 0 Å². The highest BCUT2D eigenvalue weighted by Gasteiger charge is 2.39. The summed E-state index contributed by atoms with van der Waals surface area (Å²) in [5, 5.41) is 7.91. The highest BCUT2D eigenvalue weighted by atomic mass is 28.4. The lowest BCUT2D eigenvalue weighted by molar-refractivity contribution is 0.308. The topological polar surface area (TPSA) is 70.4 Å². The summed E-state index contributed by atoms with van der Waals surface area (Å²) < 4.78 is 5.72. The number of hydrogen-bond acceptors (Lipinski definition) is 3. The average Bonchev–Trinajstić information content (AvgIpc) is 2.37. The molecule has 0 aliphatic heterocycles. The molecule has 0 bridgehead atoms. The van der Waals surface area contributed by atoms with Crippen molar-refractivity contribution in [1.82, 2.24) is 0 Å². The molecule has 0 aliphatic carbocycles. The normalized spacial score (nSPS) is 13.8. The van der Waals surface area contributed by atoms with Crippen LogP contribution >= 0.6 is 0 Å². The molecule has 108 valence electrons. The molecular weight excluding hydrogens is 268 g/mol. The fourth-order valence-corrected chi connectivity index (χ4v) is 1.84. The van der Waals surface area contributed by atoms with Crippen molar-refractivity contribution in [2.24, 2.45) is 10.3 Å². The Morgan fingerprint density at radius 3 is 2.35 bits per heavy atom. The smallest absolute Gasteiger partial charge is 0.286 e. The van der Waals surface area contributed by atoms with Gasteiger partial charge in [0.15, 0.2) is 0 Å². The number of nitrogens with zero attached hydrogens (tertiary/aromatic N) is 4. The summed E-state index contributed by atoms with van der Waals surface area (Å²) >= 11 is 0. The summed E-state index contributed by atoms with van der Waals surface area (Å²) in [5.41, 5.74) is 9.55. The van der Waals surface area contributed by atoms with Gasteiger partial charge in [-0.2, -0.15) is 0 Å². The van der Waals surface area contributed by atoms with Crippen LogP contribution in [0.5, 0.6) is 0 Å². The van der Waals surface area contributed by atoms with E-state index >= 15 is 0 Å². The predicted molar refractivity (Wildman–Crippen MR) is 85.1 cm³/mol. The van der Waals surface area contributed by atoms with Crippen molar-refractivity contribution in [2.75, 3.05) is 0 Å². The van der Waals surface area contributed by atoms with Gasteiger partial charge in [0.25, 0.3) is 8.32 Å². The first-order chi connectivity index (χ1) is 9.28. The molecule has 0 spiro atoms. The zero-order chi connectivity index (χ0) is 15.2. The number of rotatable bonds is 5. The van der Waals surface area contributed by atoms with Gasteiger partial charge in [0.2, 0.25) is 0 Å². The summed E-state index contributed by atoms with van der Waals surface area (Å²) in [7, 11) is -1.93. The monoisotopic (exact) mass is 290 g/mol. The van der Waals surface area contributed by atoms with Crippen LogP contribution in [0.2, 0.25) is 18.1 Å². The summed E-state index contributed by atoms with van der Waals surface area (Å²) in [6, 6.07) is 9.08. The molecule has 1 unspecified atom stereocenters. The molecule has 0 saturated heterocycles. The molecule has 5 nitrogen and oxygen atoms in total. The zero-order valence-electron chi connectivity index (χ0n) is 12.7. The van der Waals surface area contributed by atoms with Gasteiger partial charge < -0.3 is 4.53 Å². The summed E-state index contributed by atoms with van der Waals surface area (Å²) in [6.45, 7) is 10.7. The van der Waals surface area contributed by atoms with E-state index in [1.807, 2.05) is 30.3 Å². The van der Waals surface area contributed by atoms with Gasteiger partial charge in [-0.25, -0.2) is 0 Å². The van der Waals surface area contributed by atoms with Crippen LogP contribution in [0.4, 0.5) is 0 Å². The zero-order valence-corrected chi connectivity index (χ0v) is 13.7. The fourth-order valence-electron chi connectivity index (χ4n) is 1.25. The highest BCUT2D eigenvalue weighted by Crippen LogP contribution is 2.36. The second kappa shape index (κ2) is 6.59. The Hall–Kier alpha value is -1.78. The molecule has 0 aliphatic rings. The van der Waals surface area contributed by atoms with E-state index in [1.54, 1.807) is 6.21 Å². The lowest BCUT2D eigenvalue weighted by atomic mass is 10.1. The van der Waals surface area contributed by atoms with Crippen LogP contribution in [0.15, 0.2) is 40.6 Å². The molecule has 0 fully saturated rings. The molecule has 0 N–H and O–H groups in total. The SMILES string of the molecule is CC(C)(C)[Si](C)(C)O/N=C/C(N=[N+]=[N-])c1ccccc1. The predicted octanol–water partition coefficient (Wildman–Crippen LogP) is 5.05. The van der Waals surface area contributed by atoms with Crippen molar-refractivity contribution in [3.05, 3.63) is 46.3 Å². The molecular formula is C14H22N4OSi. The third-order valence-corrected chi connectivity index (χ3v) is 7.78. The Kier molecular flexibility index (Phi) is 5.36. The maximum atomic E-state index is 8.65. The third kappa shape index (κ3) is 4.40. The second-order valence-corrected chi connectivity index (χ2v) is 10.9. The molecule has 0 saturated carbocycles. The van der Waals surface area contributed by atoms with E-state index in [1.165, 1.54) is 0 Å². The Morgan fingerprint density at radius 1 is 1.25 bits per heavy atom. The number of oxime groups is 1. The van der Waals surface area contributed by atoms with Gasteiger partial charge in [-0.1, -0.05) is 56.2 Å². The molecule has 6 heteroatoms. The maximum Gasteiger partial charge on any atom is 0.286 e. The minimum Gasteiger partial charge on any atom is -0.455 e. The quantitative estimate of drug-likeness (QED) is 0.187. The number of benzene rings is 1. The first-order valence-electron chi connectivity index (χ1n) is 6.59. The molecule has 1 rings (SSSR count). The molecule has 1 aromatic rings. The van der Waals surface area contributed by atoms with E-state index in [-0.39, 0.29) is 5.04 Å². The Labute approximate surface area is 121 Å².